The van der Waals surface area contributed by atoms with E-state index in [0.29, 0.717) is 12.8 Å². The molecule has 1 atom stereocenters. The van der Waals surface area contributed by atoms with Gasteiger partial charge >= 0.3 is 0 Å². The lowest BCUT2D eigenvalue weighted by Gasteiger charge is -2.17. The van der Waals surface area contributed by atoms with Crippen molar-refractivity contribution in [3.63, 3.8) is 0 Å². The first-order chi connectivity index (χ1) is 10.6. The van der Waals surface area contributed by atoms with Gasteiger partial charge in [0, 0.05) is 37.7 Å². The van der Waals surface area contributed by atoms with Gasteiger partial charge in [-0.25, -0.2) is 0 Å². The number of nitrogens with one attached hydrogen (secondary N) is 2. The number of likely N-dealkylation sites (tertiary alicyclic amines) is 1. The summed E-state index contributed by atoms with van der Waals surface area (Å²) in [4.78, 5) is 25.3. The zero-order chi connectivity index (χ0) is 15.8. The SMILES string of the molecule is C[C@H](CC(=O)Nc1ccccc1)NCCCN1CCCC1=O. The molecule has 5 nitrogen and oxygen atoms in total. The Kier molecular flexibility index (Phi) is 6.40. The number of para-hydroxylation sites is 1. The van der Waals surface area contributed by atoms with E-state index in [1.165, 1.54) is 0 Å². The van der Waals surface area contributed by atoms with Crippen molar-refractivity contribution >= 4 is 17.5 Å². The van der Waals surface area contributed by atoms with Crippen molar-refractivity contribution in [3.05, 3.63) is 30.3 Å². The van der Waals surface area contributed by atoms with Gasteiger partial charge in [0.1, 0.15) is 0 Å². The highest BCUT2D eigenvalue weighted by molar-refractivity contribution is 5.91. The number of nitrogens with zero attached hydrogens (tertiary/aromatic N) is 1. The molecule has 1 aliphatic rings. The van der Waals surface area contributed by atoms with E-state index in [2.05, 4.69) is 10.6 Å². The molecule has 2 rings (SSSR count). The summed E-state index contributed by atoms with van der Waals surface area (Å²) in [7, 11) is 0. The van der Waals surface area contributed by atoms with Crippen LogP contribution >= 0.6 is 0 Å². The summed E-state index contributed by atoms with van der Waals surface area (Å²) in [5.41, 5.74) is 0.826. The van der Waals surface area contributed by atoms with Crippen LogP contribution in [0.4, 0.5) is 5.69 Å². The molecule has 0 aliphatic carbocycles. The van der Waals surface area contributed by atoms with Crippen LogP contribution in [-0.4, -0.2) is 42.4 Å². The minimum atomic E-state index is 0.0147. The summed E-state index contributed by atoms with van der Waals surface area (Å²) in [6.07, 6.45) is 3.06. The topological polar surface area (TPSA) is 61.4 Å². The van der Waals surface area contributed by atoms with Gasteiger partial charge in [0.05, 0.1) is 0 Å². The molecule has 22 heavy (non-hydrogen) atoms. The molecule has 1 aromatic rings. The van der Waals surface area contributed by atoms with Gasteiger partial charge < -0.3 is 15.5 Å². The Morgan fingerprint density at radius 2 is 2.09 bits per heavy atom. The van der Waals surface area contributed by atoms with E-state index in [1.54, 1.807) is 0 Å². The highest BCUT2D eigenvalue weighted by atomic mass is 16.2. The number of anilines is 1. The van der Waals surface area contributed by atoms with E-state index >= 15 is 0 Å². The highest BCUT2D eigenvalue weighted by Gasteiger charge is 2.19. The second-order valence-electron chi connectivity index (χ2n) is 5.81. The van der Waals surface area contributed by atoms with Gasteiger partial charge in [0.2, 0.25) is 11.8 Å². The number of benzene rings is 1. The Hall–Kier alpha value is -1.88. The van der Waals surface area contributed by atoms with Gasteiger partial charge in [-0.1, -0.05) is 18.2 Å². The van der Waals surface area contributed by atoms with Crippen molar-refractivity contribution in [1.82, 2.24) is 10.2 Å². The minimum absolute atomic E-state index is 0.0147. The summed E-state index contributed by atoms with van der Waals surface area (Å²) < 4.78 is 0. The van der Waals surface area contributed by atoms with Crippen LogP contribution in [0, 0.1) is 0 Å². The lowest BCUT2D eigenvalue weighted by molar-refractivity contribution is -0.127. The molecular formula is C17H25N3O2. The van der Waals surface area contributed by atoms with Crippen LogP contribution in [0.25, 0.3) is 0 Å². The fourth-order valence-electron chi connectivity index (χ4n) is 2.64. The van der Waals surface area contributed by atoms with Gasteiger partial charge in [0.25, 0.3) is 0 Å². The number of hydrogen-bond acceptors (Lipinski definition) is 3. The molecule has 2 N–H and O–H groups in total. The lowest BCUT2D eigenvalue weighted by atomic mass is 10.2. The fraction of sp³-hybridized carbons (Fsp3) is 0.529. The van der Waals surface area contributed by atoms with Crippen LogP contribution in [0.5, 0.6) is 0 Å². The van der Waals surface area contributed by atoms with Crippen LogP contribution in [0.1, 0.15) is 32.6 Å². The van der Waals surface area contributed by atoms with Crippen LogP contribution in [0.3, 0.4) is 0 Å². The Labute approximate surface area is 132 Å². The molecule has 0 unspecified atom stereocenters. The third-order valence-electron chi connectivity index (χ3n) is 3.82. The lowest BCUT2D eigenvalue weighted by Crippen LogP contribution is -2.33. The molecular weight excluding hydrogens is 278 g/mol. The Morgan fingerprint density at radius 3 is 2.77 bits per heavy atom. The maximum Gasteiger partial charge on any atom is 0.225 e. The molecule has 5 heteroatoms. The third-order valence-corrected chi connectivity index (χ3v) is 3.82. The molecule has 1 saturated heterocycles. The average Bonchev–Trinajstić information content (AvgIpc) is 2.90. The van der Waals surface area contributed by atoms with Crippen molar-refractivity contribution < 1.29 is 9.59 Å². The summed E-state index contributed by atoms with van der Waals surface area (Å²) in [5.74, 6) is 0.288. The van der Waals surface area contributed by atoms with Gasteiger partial charge in [-0.15, -0.1) is 0 Å². The molecule has 0 bridgehead atoms. The zero-order valence-corrected chi connectivity index (χ0v) is 13.2. The van der Waals surface area contributed by atoms with E-state index in [9.17, 15) is 9.59 Å². The number of amides is 2. The highest BCUT2D eigenvalue weighted by Crippen LogP contribution is 2.09. The summed E-state index contributed by atoms with van der Waals surface area (Å²) in [5, 5.41) is 6.22. The van der Waals surface area contributed by atoms with Gasteiger partial charge in [0.15, 0.2) is 0 Å². The Morgan fingerprint density at radius 1 is 1.32 bits per heavy atom. The average molecular weight is 303 g/mol. The first kappa shape index (κ1) is 16.5. The molecule has 1 aromatic carbocycles. The monoisotopic (exact) mass is 303 g/mol. The third kappa shape index (κ3) is 5.48. The second-order valence-corrected chi connectivity index (χ2v) is 5.81. The zero-order valence-electron chi connectivity index (χ0n) is 13.2. The first-order valence-corrected chi connectivity index (χ1v) is 8.01. The van der Waals surface area contributed by atoms with Crippen molar-refractivity contribution in [1.29, 1.82) is 0 Å². The maximum absolute atomic E-state index is 11.9. The van der Waals surface area contributed by atoms with Crippen molar-refractivity contribution in [2.75, 3.05) is 25.0 Å². The molecule has 0 saturated carbocycles. The summed E-state index contributed by atoms with van der Waals surface area (Å²) in [6.45, 7) is 4.54. The van der Waals surface area contributed by atoms with Crippen LogP contribution < -0.4 is 10.6 Å². The molecule has 0 radical (unpaired) electrons. The molecule has 2 amide bonds. The van der Waals surface area contributed by atoms with Crippen molar-refractivity contribution in [2.24, 2.45) is 0 Å². The molecule has 120 valence electrons. The predicted molar refractivity (Wildman–Crippen MR) is 87.6 cm³/mol. The molecule has 0 aromatic heterocycles. The van der Waals surface area contributed by atoms with E-state index in [1.807, 2.05) is 42.2 Å². The summed E-state index contributed by atoms with van der Waals surface area (Å²) >= 11 is 0. The quantitative estimate of drug-likeness (QED) is 0.722. The second kappa shape index (κ2) is 8.54. The van der Waals surface area contributed by atoms with E-state index < -0.39 is 0 Å². The number of carbonyl (C=O) groups is 2. The number of hydrogen-bond donors (Lipinski definition) is 2. The van der Waals surface area contributed by atoms with Gasteiger partial charge in [-0.3, -0.25) is 9.59 Å². The molecule has 1 fully saturated rings. The molecule has 0 spiro atoms. The maximum atomic E-state index is 11.9. The van der Waals surface area contributed by atoms with Crippen LogP contribution in [-0.2, 0) is 9.59 Å². The van der Waals surface area contributed by atoms with Crippen molar-refractivity contribution in [3.8, 4) is 0 Å². The van der Waals surface area contributed by atoms with Gasteiger partial charge in [-0.2, -0.15) is 0 Å². The smallest absolute Gasteiger partial charge is 0.225 e. The number of carbonyl (C=O) groups excluding carboxylic acids is 2. The van der Waals surface area contributed by atoms with E-state index in [0.717, 1.165) is 38.2 Å². The van der Waals surface area contributed by atoms with E-state index in [4.69, 9.17) is 0 Å². The summed E-state index contributed by atoms with van der Waals surface area (Å²) in [6, 6.07) is 9.60. The fourth-order valence-corrected chi connectivity index (χ4v) is 2.64. The first-order valence-electron chi connectivity index (χ1n) is 8.01. The van der Waals surface area contributed by atoms with E-state index in [-0.39, 0.29) is 17.9 Å². The van der Waals surface area contributed by atoms with Gasteiger partial charge in [-0.05, 0) is 38.4 Å². The largest absolute Gasteiger partial charge is 0.343 e. The van der Waals surface area contributed by atoms with Crippen molar-refractivity contribution in [2.45, 2.75) is 38.6 Å². The normalized spacial score (nSPS) is 15.9. The van der Waals surface area contributed by atoms with Crippen LogP contribution in [0.15, 0.2) is 30.3 Å². The molecule has 1 heterocycles. The van der Waals surface area contributed by atoms with Crippen LogP contribution in [0.2, 0.25) is 0 Å². The number of rotatable bonds is 8. The Balaban J connectivity index is 1.58. The predicted octanol–water partition coefficient (Wildman–Crippen LogP) is 2.01. The molecule has 1 aliphatic heterocycles. The minimum Gasteiger partial charge on any atom is -0.343 e. The Bertz CT molecular complexity index is 490. The standard InChI is InChI=1S/C17H25N3O2/c1-14(13-16(21)19-15-7-3-2-4-8-15)18-10-6-12-20-11-5-9-17(20)22/h2-4,7-8,14,18H,5-6,9-13H2,1H3,(H,19,21)/t14-/m1/s1.